The van der Waals surface area contributed by atoms with E-state index in [1.54, 1.807) is 30.0 Å². The standard InChI is InChI=1S/C22H19N3O5/c1-29-14-8-9-18-19(20(24-25(18)12-14)13-6-4-3-5-7-13)21(26)16-10-15(30-2)11-17(23-16)22(27)28/h3-12,21,26H,1-2H3,(H,27,28). The van der Waals surface area contributed by atoms with Crippen LogP contribution in [0.15, 0.2) is 60.8 Å². The average molecular weight is 405 g/mol. The highest BCUT2D eigenvalue weighted by atomic mass is 16.5. The summed E-state index contributed by atoms with van der Waals surface area (Å²) >= 11 is 0. The van der Waals surface area contributed by atoms with Gasteiger partial charge in [0.1, 0.15) is 17.6 Å². The van der Waals surface area contributed by atoms with Gasteiger partial charge in [0.2, 0.25) is 0 Å². The van der Waals surface area contributed by atoms with Crippen molar-refractivity contribution in [2.45, 2.75) is 6.10 Å². The van der Waals surface area contributed by atoms with Crippen molar-refractivity contribution in [3.63, 3.8) is 0 Å². The molecule has 0 radical (unpaired) electrons. The smallest absolute Gasteiger partial charge is 0.354 e. The van der Waals surface area contributed by atoms with Gasteiger partial charge in [0.05, 0.1) is 37.3 Å². The lowest BCUT2D eigenvalue weighted by Gasteiger charge is -2.14. The van der Waals surface area contributed by atoms with Gasteiger partial charge in [-0.3, -0.25) is 0 Å². The van der Waals surface area contributed by atoms with E-state index in [4.69, 9.17) is 9.47 Å². The molecule has 1 aromatic carbocycles. The fourth-order valence-electron chi connectivity index (χ4n) is 3.29. The van der Waals surface area contributed by atoms with Gasteiger partial charge in [-0.15, -0.1) is 0 Å². The highest BCUT2D eigenvalue weighted by molar-refractivity contribution is 5.86. The number of hydrogen-bond acceptors (Lipinski definition) is 6. The van der Waals surface area contributed by atoms with Gasteiger partial charge >= 0.3 is 5.97 Å². The zero-order chi connectivity index (χ0) is 21.3. The first kappa shape index (κ1) is 19.4. The summed E-state index contributed by atoms with van der Waals surface area (Å²) in [6, 6.07) is 15.8. The van der Waals surface area contributed by atoms with Crippen molar-refractivity contribution in [2.24, 2.45) is 0 Å². The molecular weight excluding hydrogens is 386 g/mol. The van der Waals surface area contributed by atoms with Crippen molar-refractivity contribution in [3.8, 4) is 22.8 Å². The third-order valence-corrected chi connectivity index (χ3v) is 4.75. The largest absolute Gasteiger partial charge is 0.497 e. The first-order chi connectivity index (χ1) is 14.5. The minimum atomic E-state index is -1.24. The summed E-state index contributed by atoms with van der Waals surface area (Å²) in [4.78, 5) is 15.6. The number of aromatic nitrogens is 3. The number of aliphatic hydroxyl groups is 1. The number of aromatic carboxylic acids is 1. The Balaban J connectivity index is 1.95. The summed E-state index contributed by atoms with van der Waals surface area (Å²) in [6.45, 7) is 0. The van der Waals surface area contributed by atoms with Gasteiger partial charge in [-0.05, 0) is 12.1 Å². The second-order valence-corrected chi connectivity index (χ2v) is 6.55. The number of carboxylic acid groups (broad SMARTS) is 1. The Hall–Kier alpha value is -3.91. The fourth-order valence-corrected chi connectivity index (χ4v) is 3.29. The monoisotopic (exact) mass is 405 g/mol. The molecule has 30 heavy (non-hydrogen) atoms. The van der Waals surface area contributed by atoms with E-state index in [1.807, 2.05) is 30.3 Å². The van der Waals surface area contributed by atoms with E-state index in [0.717, 1.165) is 5.56 Å². The zero-order valence-electron chi connectivity index (χ0n) is 16.3. The predicted octanol–water partition coefficient (Wildman–Crippen LogP) is 3.19. The van der Waals surface area contributed by atoms with Crippen LogP contribution in [-0.4, -0.2) is 45.0 Å². The van der Waals surface area contributed by atoms with Gasteiger partial charge in [-0.25, -0.2) is 14.3 Å². The quantitative estimate of drug-likeness (QED) is 0.507. The molecule has 0 bridgehead atoms. The molecule has 8 heteroatoms. The van der Waals surface area contributed by atoms with Crippen LogP contribution >= 0.6 is 0 Å². The minimum absolute atomic E-state index is 0.148. The van der Waals surface area contributed by atoms with Gasteiger partial charge in [-0.2, -0.15) is 5.10 Å². The van der Waals surface area contributed by atoms with Gasteiger partial charge in [0, 0.05) is 23.3 Å². The van der Waals surface area contributed by atoms with Crippen LogP contribution < -0.4 is 9.47 Å². The molecule has 0 aliphatic heterocycles. The number of methoxy groups -OCH3 is 2. The number of carbonyl (C=O) groups is 1. The molecule has 4 rings (SSSR count). The number of fused-ring (bicyclic) bond motifs is 1. The molecule has 0 fully saturated rings. The van der Waals surface area contributed by atoms with Crippen molar-refractivity contribution in [1.82, 2.24) is 14.6 Å². The number of benzene rings is 1. The third-order valence-electron chi connectivity index (χ3n) is 4.75. The second-order valence-electron chi connectivity index (χ2n) is 6.55. The summed E-state index contributed by atoms with van der Waals surface area (Å²) in [5, 5.41) is 25.3. The first-order valence-corrected chi connectivity index (χ1v) is 9.11. The highest BCUT2D eigenvalue weighted by Gasteiger charge is 2.25. The summed E-state index contributed by atoms with van der Waals surface area (Å²) in [5.74, 6) is -0.315. The van der Waals surface area contributed by atoms with Crippen LogP contribution in [0, 0.1) is 0 Å². The molecule has 0 saturated carbocycles. The minimum Gasteiger partial charge on any atom is -0.497 e. The molecule has 0 amide bonds. The van der Waals surface area contributed by atoms with Crippen molar-refractivity contribution in [3.05, 3.63) is 77.7 Å². The van der Waals surface area contributed by atoms with Gasteiger partial charge < -0.3 is 19.7 Å². The van der Waals surface area contributed by atoms with Crippen molar-refractivity contribution in [1.29, 1.82) is 0 Å². The Morgan fingerprint density at radius 2 is 1.77 bits per heavy atom. The Labute approximate surface area is 172 Å². The lowest BCUT2D eigenvalue weighted by molar-refractivity contribution is 0.0689. The molecule has 1 unspecified atom stereocenters. The summed E-state index contributed by atoms with van der Waals surface area (Å²) in [5.41, 5.74) is 2.43. The molecule has 1 atom stereocenters. The van der Waals surface area contributed by atoms with Crippen LogP contribution in [-0.2, 0) is 0 Å². The maximum absolute atomic E-state index is 11.5. The molecule has 0 saturated heterocycles. The Morgan fingerprint density at radius 1 is 1.03 bits per heavy atom. The molecule has 8 nitrogen and oxygen atoms in total. The normalized spacial score (nSPS) is 12.0. The first-order valence-electron chi connectivity index (χ1n) is 9.11. The zero-order valence-corrected chi connectivity index (χ0v) is 16.3. The maximum atomic E-state index is 11.5. The van der Waals surface area contributed by atoms with Gasteiger partial charge in [0.25, 0.3) is 0 Å². The molecule has 0 spiro atoms. The van der Waals surface area contributed by atoms with E-state index in [9.17, 15) is 15.0 Å². The molecule has 0 aliphatic rings. The molecule has 152 valence electrons. The number of rotatable bonds is 6. The topological polar surface area (TPSA) is 106 Å². The van der Waals surface area contributed by atoms with Gasteiger partial charge in [0.15, 0.2) is 5.69 Å². The van der Waals surface area contributed by atoms with Crippen LogP contribution in [0.25, 0.3) is 16.8 Å². The van der Waals surface area contributed by atoms with E-state index in [2.05, 4.69) is 10.1 Å². The van der Waals surface area contributed by atoms with E-state index in [-0.39, 0.29) is 17.1 Å². The molecule has 0 aliphatic carbocycles. The number of aliphatic hydroxyl groups excluding tert-OH is 1. The maximum Gasteiger partial charge on any atom is 0.354 e. The molecule has 2 N–H and O–H groups in total. The van der Waals surface area contributed by atoms with Crippen LogP contribution in [0.3, 0.4) is 0 Å². The second kappa shape index (κ2) is 7.84. The molecule has 4 aromatic rings. The average Bonchev–Trinajstić information content (AvgIpc) is 3.17. The lowest BCUT2D eigenvalue weighted by atomic mass is 9.99. The molecule has 3 heterocycles. The third kappa shape index (κ3) is 3.44. The van der Waals surface area contributed by atoms with Gasteiger partial charge in [-0.1, -0.05) is 30.3 Å². The van der Waals surface area contributed by atoms with Crippen LogP contribution in [0.1, 0.15) is 27.8 Å². The summed E-state index contributed by atoms with van der Waals surface area (Å²) in [6.07, 6.45) is 0.471. The van der Waals surface area contributed by atoms with Crippen LogP contribution in [0.5, 0.6) is 11.5 Å². The van der Waals surface area contributed by atoms with Crippen molar-refractivity contribution >= 4 is 11.5 Å². The Bertz CT molecular complexity index is 1220. The van der Waals surface area contributed by atoms with Crippen LogP contribution in [0.4, 0.5) is 0 Å². The van der Waals surface area contributed by atoms with E-state index >= 15 is 0 Å². The molecule has 3 aromatic heterocycles. The van der Waals surface area contributed by atoms with E-state index in [1.165, 1.54) is 19.2 Å². The number of ether oxygens (including phenoxy) is 2. The summed E-state index contributed by atoms with van der Waals surface area (Å²) < 4.78 is 12.1. The van der Waals surface area contributed by atoms with E-state index < -0.39 is 12.1 Å². The number of pyridine rings is 2. The predicted molar refractivity (Wildman–Crippen MR) is 109 cm³/mol. The number of carboxylic acids is 1. The summed E-state index contributed by atoms with van der Waals surface area (Å²) in [7, 11) is 2.99. The lowest BCUT2D eigenvalue weighted by Crippen LogP contribution is -2.09. The van der Waals surface area contributed by atoms with Crippen molar-refractivity contribution < 1.29 is 24.5 Å². The van der Waals surface area contributed by atoms with E-state index in [0.29, 0.717) is 22.5 Å². The number of hydrogen-bond donors (Lipinski definition) is 2. The Morgan fingerprint density at radius 3 is 2.43 bits per heavy atom. The number of nitrogens with zero attached hydrogens (tertiary/aromatic N) is 3. The Kier molecular flexibility index (Phi) is 5.07. The van der Waals surface area contributed by atoms with Crippen molar-refractivity contribution in [2.75, 3.05) is 14.2 Å². The highest BCUT2D eigenvalue weighted by Crippen LogP contribution is 2.35. The SMILES string of the molecule is COc1cc(C(=O)O)nc(C(O)c2c(-c3ccccc3)nn3cc(OC)ccc23)c1. The fraction of sp³-hybridized carbons (Fsp3) is 0.136. The van der Waals surface area contributed by atoms with Crippen LogP contribution in [0.2, 0.25) is 0 Å². The molecular formula is C22H19N3O5.